The van der Waals surface area contributed by atoms with Crippen LogP contribution in [0.4, 0.5) is 5.82 Å². The van der Waals surface area contributed by atoms with Gasteiger partial charge in [0.1, 0.15) is 11.9 Å². The molecular formula is C49H56N10O5. The van der Waals surface area contributed by atoms with Crippen LogP contribution in [0.2, 0.25) is 0 Å². The average molecular weight is 865 g/mol. The van der Waals surface area contributed by atoms with E-state index in [0.29, 0.717) is 30.7 Å². The second-order valence-corrected chi connectivity index (χ2v) is 17.5. The molecule has 64 heavy (non-hydrogen) atoms. The van der Waals surface area contributed by atoms with Crippen molar-refractivity contribution in [3.63, 3.8) is 0 Å². The Morgan fingerprint density at radius 2 is 1.62 bits per heavy atom. The Labute approximate surface area is 372 Å². The Morgan fingerprint density at radius 3 is 2.38 bits per heavy atom. The minimum absolute atomic E-state index is 0.117. The van der Waals surface area contributed by atoms with Gasteiger partial charge in [-0.15, -0.1) is 0 Å². The first-order chi connectivity index (χ1) is 31.1. The Kier molecular flexibility index (Phi) is 12.5. The number of nitrogens with two attached hydrogens (primary N) is 1. The van der Waals surface area contributed by atoms with Crippen LogP contribution in [-0.4, -0.2) is 96.8 Å². The number of carbonyl (C=O) groups is 3. The van der Waals surface area contributed by atoms with E-state index in [1.165, 1.54) is 21.3 Å². The highest BCUT2D eigenvalue weighted by atomic mass is 16.5. The lowest BCUT2D eigenvalue weighted by atomic mass is 10.0. The molecule has 3 aromatic carbocycles. The number of pyridine rings is 1. The molecule has 1 aliphatic carbocycles. The number of anilines is 1. The number of nitrogens with one attached hydrogen (secondary N) is 2. The Morgan fingerprint density at radius 1 is 0.875 bits per heavy atom. The molecule has 0 bridgehead atoms. The summed E-state index contributed by atoms with van der Waals surface area (Å²) in [4.78, 5) is 60.8. The third-order valence-electron chi connectivity index (χ3n) is 13.1. The number of likely N-dealkylation sites (N-methyl/N-ethyl adjacent to an activating group) is 1. The molecule has 3 fully saturated rings. The number of aryl methyl sites for hydroxylation is 3. The van der Waals surface area contributed by atoms with Gasteiger partial charge in [0.05, 0.1) is 41.5 Å². The monoisotopic (exact) mass is 864 g/mol. The molecule has 3 aromatic heterocycles. The average Bonchev–Trinajstić information content (AvgIpc) is 4.03. The second kappa shape index (κ2) is 18.7. The number of fused-ring (bicyclic) bond motifs is 1. The fraction of sp³-hybridized carbons (Fsp3) is 0.388. The lowest BCUT2D eigenvalue weighted by Crippen LogP contribution is -2.44. The first-order valence-corrected chi connectivity index (χ1v) is 22.4. The summed E-state index contributed by atoms with van der Waals surface area (Å²) in [5.41, 5.74) is 15.0. The third-order valence-corrected chi connectivity index (χ3v) is 13.1. The van der Waals surface area contributed by atoms with Gasteiger partial charge in [-0.1, -0.05) is 60.7 Å². The Bertz CT molecular complexity index is 2710. The first-order valence-electron chi connectivity index (χ1n) is 22.4. The van der Waals surface area contributed by atoms with Gasteiger partial charge in [-0.2, -0.15) is 5.10 Å². The fourth-order valence-corrected chi connectivity index (χ4v) is 9.43. The van der Waals surface area contributed by atoms with Gasteiger partial charge >= 0.3 is 5.69 Å². The SMILES string of the molecule is CN1CCN(Cc2ccc(-c3ccc(CO[C@H]4CCC[C@@H]4NC(=O)c4cc(-c5cnn(CCCc6cccc7c6n(C)c(=O)n7C6CCC(=O)NC6=O)c5)cnc4N)cc3)cc2)CC1. The molecule has 15 heteroatoms. The largest absolute Gasteiger partial charge is 0.383 e. The van der Waals surface area contributed by atoms with Gasteiger partial charge in [0.2, 0.25) is 11.8 Å². The zero-order valence-electron chi connectivity index (χ0n) is 36.5. The highest BCUT2D eigenvalue weighted by Gasteiger charge is 2.32. The molecule has 6 aromatic rings. The van der Waals surface area contributed by atoms with Crippen LogP contribution in [0.15, 0.2) is 96.2 Å². The number of para-hydroxylation sites is 1. The quantitative estimate of drug-likeness (QED) is 0.126. The highest BCUT2D eigenvalue weighted by molar-refractivity contribution is 6.00. The van der Waals surface area contributed by atoms with Crippen LogP contribution in [0.5, 0.6) is 0 Å². The predicted octanol–water partition coefficient (Wildman–Crippen LogP) is 5.07. The third kappa shape index (κ3) is 9.28. The molecule has 3 atom stereocenters. The van der Waals surface area contributed by atoms with E-state index in [1.807, 2.05) is 29.1 Å². The van der Waals surface area contributed by atoms with Gasteiger partial charge in [0, 0.05) is 76.3 Å². The molecule has 1 unspecified atom stereocenters. The number of hydrogen-bond acceptors (Lipinski definition) is 10. The topological polar surface area (TPSA) is 175 Å². The number of piperazine rings is 1. The lowest BCUT2D eigenvalue weighted by Gasteiger charge is -2.32. The summed E-state index contributed by atoms with van der Waals surface area (Å²) in [7, 11) is 3.89. The van der Waals surface area contributed by atoms with Crippen LogP contribution in [0.25, 0.3) is 33.3 Å². The molecule has 2 saturated heterocycles. The van der Waals surface area contributed by atoms with Gasteiger partial charge in [-0.05, 0) is 85.5 Å². The number of carbonyl (C=O) groups excluding carboxylic acids is 3. The minimum atomic E-state index is -0.734. The number of nitrogen functional groups attached to an aromatic ring is 1. The summed E-state index contributed by atoms with van der Waals surface area (Å²) in [5.74, 6) is -0.903. The number of benzene rings is 3. The number of imidazole rings is 1. The van der Waals surface area contributed by atoms with Crippen LogP contribution in [-0.2, 0) is 47.5 Å². The van der Waals surface area contributed by atoms with E-state index in [0.717, 1.165) is 86.2 Å². The van der Waals surface area contributed by atoms with Crippen LogP contribution in [0.3, 0.4) is 0 Å². The maximum absolute atomic E-state index is 13.7. The molecule has 5 heterocycles. The molecule has 4 N–H and O–H groups in total. The van der Waals surface area contributed by atoms with E-state index in [9.17, 15) is 19.2 Å². The Hall–Kier alpha value is -6.42. The highest BCUT2D eigenvalue weighted by Crippen LogP contribution is 2.29. The summed E-state index contributed by atoms with van der Waals surface area (Å²) >= 11 is 0. The maximum atomic E-state index is 13.7. The molecular weight excluding hydrogens is 809 g/mol. The summed E-state index contributed by atoms with van der Waals surface area (Å²) < 4.78 is 11.3. The molecule has 3 amide bonds. The van der Waals surface area contributed by atoms with Crippen molar-refractivity contribution in [1.82, 2.24) is 44.3 Å². The number of aromatic nitrogens is 5. The van der Waals surface area contributed by atoms with Gasteiger partial charge in [-0.25, -0.2) is 9.78 Å². The fourth-order valence-electron chi connectivity index (χ4n) is 9.43. The molecule has 0 spiro atoms. The van der Waals surface area contributed by atoms with E-state index in [1.54, 1.807) is 30.1 Å². The molecule has 1 saturated carbocycles. The number of rotatable bonds is 14. The molecule has 15 nitrogen and oxygen atoms in total. The van der Waals surface area contributed by atoms with Crippen molar-refractivity contribution in [2.75, 3.05) is 39.0 Å². The molecule has 332 valence electrons. The summed E-state index contributed by atoms with van der Waals surface area (Å²) in [5, 5.41) is 10.1. The standard InChI is InChI=1S/C49H56N10O5/c1-55-22-24-57(25-23-55)29-32-11-15-34(16-12-32)35-17-13-33(14-18-35)31-64-43-10-4-8-40(43)53-47(61)39-26-37(27-51-46(39)50)38-28-52-58(30-38)21-5-7-36-6-3-9-41-45(36)56(2)49(63)59(41)42-19-20-44(60)54-48(42)62/h3,6,9,11-18,26-28,30,40,42-43H,4-5,7-8,10,19-25,29,31H2,1-2H3,(H2,50,51)(H,53,61)(H,54,60,62)/t40-,42?,43-/m0/s1. The second-order valence-electron chi connectivity index (χ2n) is 17.5. The molecule has 0 radical (unpaired) electrons. The van der Waals surface area contributed by atoms with Gasteiger partial charge in [0.25, 0.3) is 5.91 Å². The van der Waals surface area contributed by atoms with E-state index >= 15 is 0 Å². The van der Waals surface area contributed by atoms with Crippen molar-refractivity contribution in [3.05, 3.63) is 124 Å². The zero-order valence-corrected chi connectivity index (χ0v) is 36.5. The first kappa shape index (κ1) is 42.9. The minimum Gasteiger partial charge on any atom is -0.383 e. The van der Waals surface area contributed by atoms with Crippen molar-refractivity contribution >= 4 is 34.6 Å². The maximum Gasteiger partial charge on any atom is 0.329 e. The van der Waals surface area contributed by atoms with Crippen LogP contribution < -0.4 is 22.1 Å². The summed E-state index contributed by atoms with van der Waals surface area (Å²) in [6.07, 6.45) is 9.70. The van der Waals surface area contributed by atoms with Crippen LogP contribution >= 0.6 is 0 Å². The molecule has 3 aliphatic rings. The number of nitrogens with zero attached hydrogens (tertiary/aromatic N) is 7. The number of amides is 3. The van der Waals surface area contributed by atoms with Crippen LogP contribution in [0, 0.1) is 0 Å². The number of piperidine rings is 1. The van der Waals surface area contributed by atoms with Crippen molar-refractivity contribution < 1.29 is 19.1 Å². The Balaban J connectivity index is 0.778. The summed E-state index contributed by atoms with van der Waals surface area (Å²) in [6, 6.07) is 24.0. The number of hydrogen-bond donors (Lipinski definition) is 3. The van der Waals surface area contributed by atoms with Crippen LogP contribution in [0.1, 0.15) is 71.6 Å². The summed E-state index contributed by atoms with van der Waals surface area (Å²) in [6.45, 7) is 6.50. The van der Waals surface area contributed by atoms with Gasteiger partial charge < -0.3 is 20.7 Å². The predicted molar refractivity (Wildman–Crippen MR) is 245 cm³/mol. The van der Waals surface area contributed by atoms with E-state index in [2.05, 4.69) is 86.1 Å². The smallest absolute Gasteiger partial charge is 0.329 e. The van der Waals surface area contributed by atoms with Crippen molar-refractivity contribution in [3.8, 4) is 22.3 Å². The zero-order chi connectivity index (χ0) is 44.3. The van der Waals surface area contributed by atoms with Crippen molar-refractivity contribution in [2.24, 2.45) is 7.05 Å². The van der Waals surface area contributed by atoms with E-state index < -0.39 is 11.9 Å². The van der Waals surface area contributed by atoms with Gasteiger partial charge in [0.15, 0.2) is 0 Å². The lowest BCUT2D eigenvalue weighted by molar-refractivity contribution is -0.135. The van der Waals surface area contributed by atoms with E-state index in [4.69, 9.17) is 10.5 Å². The normalized spacial score (nSPS) is 19.6. The number of ether oxygens (including phenoxy) is 1. The molecule has 9 rings (SSSR count). The van der Waals surface area contributed by atoms with Gasteiger partial charge in [-0.3, -0.25) is 38.4 Å². The molecule has 2 aliphatic heterocycles. The van der Waals surface area contributed by atoms with Crippen molar-refractivity contribution in [2.45, 2.75) is 82.8 Å². The van der Waals surface area contributed by atoms with Crippen molar-refractivity contribution in [1.29, 1.82) is 0 Å². The number of imide groups is 1. The van der Waals surface area contributed by atoms with E-state index in [-0.39, 0.29) is 48.3 Å².